The first-order valence-electron chi connectivity index (χ1n) is 5.90. The van der Waals surface area contributed by atoms with E-state index in [-0.39, 0.29) is 16.5 Å². The summed E-state index contributed by atoms with van der Waals surface area (Å²) in [6.07, 6.45) is 13.3. The monoisotopic (exact) mass is 252 g/mol. The molecule has 92 valence electrons. The van der Waals surface area contributed by atoms with Crippen molar-refractivity contribution in [1.82, 2.24) is 0 Å². The van der Waals surface area contributed by atoms with E-state index in [0.717, 1.165) is 12.8 Å². The molecule has 0 saturated carbocycles. The molecule has 0 rings (SSSR count). The van der Waals surface area contributed by atoms with Crippen LogP contribution in [0.25, 0.3) is 0 Å². The fraction of sp³-hybridized carbons (Fsp3) is 0.714. The Kier molecular flexibility index (Phi) is 32.1. The molecule has 15 heavy (non-hydrogen) atoms. The summed E-state index contributed by atoms with van der Waals surface area (Å²) in [7, 11) is 0. The van der Waals surface area contributed by atoms with Crippen molar-refractivity contribution in [2.24, 2.45) is 0 Å². The molecule has 0 fully saturated rings. The van der Waals surface area contributed by atoms with Gasteiger partial charge in [0.25, 0.3) is 0 Å². The molecule has 0 aliphatic carbocycles. The molecule has 0 aromatic carbocycles. The van der Waals surface area contributed by atoms with Crippen LogP contribution in [0, 0.1) is 13.2 Å². The number of hydrogen-bond acceptors (Lipinski definition) is 0. The molecule has 0 amide bonds. The molecule has 0 atom stereocenters. The summed E-state index contributed by atoms with van der Waals surface area (Å²) in [5.74, 6) is 0. The molecule has 0 spiro atoms. The van der Waals surface area contributed by atoms with E-state index < -0.39 is 0 Å². The topological polar surface area (TPSA) is 0 Å². The molecular formula is C14H26Ni. The van der Waals surface area contributed by atoms with Crippen LogP contribution in [0.2, 0.25) is 0 Å². The fourth-order valence-corrected chi connectivity index (χ4v) is 1.02. The summed E-state index contributed by atoms with van der Waals surface area (Å²) in [6, 6.07) is 0. The van der Waals surface area contributed by atoms with Gasteiger partial charge in [-0.15, -0.1) is 0 Å². The zero-order chi connectivity index (χ0) is 11.1. The Labute approximate surface area is 107 Å². The van der Waals surface area contributed by atoms with Crippen LogP contribution in [0.15, 0.2) is 12.2 Å². The number of unbranched alkanes of at least 4 members (excludes halogenated alkanes) is 6. The molecule has 0 aliphatic rings. The number of rotatable bonds is 8. The normalized spacial score (nSPS) is 8.13. The second kappa shape index (κ2) is 23.6. The van der Waals surface area contributed by atoms with Crippen LogP contribution in [0.1, 0.15) is 65.2 Å². The second-order valence-corrected chi connectivity index (χ2v) is 3.46. The van der Waals surface area contributed by atoms with Gasteiger partial charge in [-0.05, 0) is 0 Å². The van der Waals surface area contributed by atoms with Crippen LogP contribution in [0.5, 0.6) is 0 Å². The maximum atomic E-state index is 5.14. The molecule has 1 heteroatoms. The minimum atomic E-state index is 0. The minimum absolute atomic E-state index is 0. The van der Waals surface area contributed by atoms with E-state index in [1.165, 1.54) is 38.5 Å². The van der Waals surface area contributed by atoms with Crippen LogP contribution < -0.4 is 0 Å². The van der Waals surface area contributed by atoms with Crippen molar-refractivity contribution < 1.29 is 16.5 Å². The van der Waals surface area contributed by atoms with Gasteiger partial charge in [-0.25, -0.2) is 0 Å². The van der Waals surface area contributed by atoms with Gasteiger partial charge in [-0.1, -0.05) is 65.2 Å². The third-order valence-corrected chi connectivity index (χ3v) is 1.95. The third kappa shape index (κ3) is 31.5. The van der Waals surface area contributed by atoms with Gasteiger partial charge in [0.15, 0.2) is 0 Å². The quantitative estimate of drug-likeness (QED) is 0.320. The summed E-state index contributed by atoms with van der Waals surface area (Å²) in [5.41, 5.74) is 0. The molecule has 0 unspecified atom stereocenters. The molecule has 0 N–H and O–H groups in total. The minimum Gasteiger partial charge on any atom is -0.518 e. The van der Waals surface area contributed by atoms with Gasteiger partial charge in [0.1, 0.15) is 0 Å². The summed E-state index contributed by atoms with van der Waals surface area (Å²) < 4.78 is 0. The van der Waals surface area contributed by atoms with Crippen LogP contribution in [0.3, 0.4) is 0 Å². The maximum absolute atomic E-state index is 5.14. The Hall–Kier alpha value is -0.0265. The smallest absolute Gasteiger partial charge is 0.518 e. The largest absolute Gasteiger partial charge is 2.00 e. The van der Waals surface area contributed by atoms with Gasteiger partial charge in [-0.3, -0.25) is 12.2 Å². The van der Waals surface area contributed by atoms with E-state index in [1.54, 1.807) is 12.2 Å². The zero-order valence-corrected chi connectivity index (χ0v) is 11.3. The SMILES string of the molecule is [CH-]=CCCCCC.[CH-]=CCCCCC.[Ni+2]. The van der Waals surface area contributed by atoms with Gasteiger partial charge in [0.2, 0.25) is 0 Å². The molecule has 0 heterocycles. The summed E-state index contributed by atoms with van der Waals surface area (Å²) in [4.78, 5) is 0. The second-order valence-electron chi connectivity index (χ2n) is 3.46. The fourth-order valence-electron chi connectivity index (χ4n) is 1.02. The predicted molar refractivity (Wildman–Crippen MR) is 66.0 cm³/mol. The van der Waals surface area contributed by atoms with Crippen molar-refractivity contribution in [3.63, 3.8) is 0 Å². The van der Waals surface area contributed by atoms with Gasteiger partial charge in [0, 0.05) is 0 Å². The van der Waals surface area contributed by atoms with Crippen LogP contribution in [0.4, 0.5) is 0 Å². The van der Waals surface area contributed by atoms with E-state index in [4.69, 9.17) is 13.2 Å². The predicted octanol–water partition coefficient (Wildman–Crippen LogP) is 5.11. The standard InChI is InChI=1S/2C7H13.Ni/c2*1-3-5-7-6-4-2;/h2*1,3H,4-7H2,2H3;/q2*-1;+2. The molecule has 0 bridgehead atoms. The Morgan fingerprint density at radius 2 is 1.07 bits per heavy atom. The van der Waals surface area contributed by atoms with Gasteiger partial charge in [-0.2, -0.15) is 0 Å². The van der Waals surface area contributed by atoms with E-state index in [9.17, 15) is 0 Å². The van der Waals surface area contributed by atoms with Gasteiger partial charge in [0.05, 0.1) is 0 Å². The van der Waals surface area contributed by atoms with Crippen LogP contribution >= 0.6 is 0 Å². The third-order valence-electron chi connectivity index (χ3n) is 1.95. The first-order chi connectivity index (χ1) is 6.83. The van der Waals surface area contributed by atoms with E-state index in [1.807, 2.05) is 0 Å². The number of hydrogen-bond donors (Lipinski definition) is 0. The summed E-state index contributed by atoms with van der Waals surface area (Å²) >= 11 is 0. The summed E-state index contributed by atoms with van der Waals surface area (Å²) in [5, 5.41) is 0. The molecule has 0 aliphatic heterocycles. The van der Waals surface area contributed by atoms with Crippen molar-refractivity contribution in [2.75, 3.05) is 0 Å². The van der Waals surface area contributed by atoms with Crippen molar-refractivity contribution in [3.05, 3.63) is 25.3 Å². The van der Waals surface area contributed by atoms with Crippen molar-refractivity contribution in [1.29, 1.82) is 0 Å². The molecule has 0 aromatic rings. The maximum Gasteiger partial charge on any atom is 2.00 e. The van der Waals surface area contributed by atoms with Crippen LogP contribution in [-0.2, 0) is 16.5 Å². The van der Waals surface area contributed by atoms with Crippen molar-refractivity contribution >= 4 is 0 Å². The average Bonchev–Trinajstić information content (AvgIpc) is 2.21. The molecular weight excluding hydrogens is 227 g/mol. The van der Waals surface area contributed by atoms with E-state index in [0.29, 0.717) is 0 Å². The molecule has 0 aromatic heterocycles. The first-order valence-corrected chi connectivity index (χ1v) is 5.90. The molecule has 0 saturated heterocycles. The Balaban J connectivity index is -0.000000180. The Bertz CT molecular complexity index is 93.9. The van der Waals surface area contributed by atoms with Gasteiger partial charge < -0.3 is 13.2 Å². The van der Waals surface area contributed by atoms with Gasteiger partial charge >= 0.3 is 16.5 Å². The van der Waals surface area contributed by atoms with E-state index >= 15 is 0 Å². The van der Waals surface area contributed by atoms with Crippen LogP contribution in [-0.4, -0.2) is 0 Å². The first kappa shape index (κ1) is 20.4. The van der Waals surface area contributed by atoms with Crippen molar-refractivity contribution in [3.8, 4) is 0 Å². The summed E-state index contributed by atoms with van der Waals surface area (Å²) in [6.45, 7) is 14.7. The van der Waals surface area contributed by atoms with E-state index in [2.05, 4.69) is 13.8 Å². The Morgan fingerprint density at radius 1 is 0.733 bits per heavy atom. The van der Waals surface area contributed by atoms with Crippen molar-refractivity contribution in [2.45, 2.75) is 65.2 Å². The molecule has 0 nitrogen and oxygen atoms in total. The Morgan fingerprint density at radius 3 is 1.27 bits per heavy atom. The zero-order valence-electron chi connectivity index (χ0n) is 10.3. The number of allylic oxidation sites excluding steroid dienone is 2. The average molecular weight is 253 g/mol. The molecule has 0 radical (unpaired) electrons.